The van der Waals surface area contributed by atoms with Gasteiger partial charge in [-0.3, -0.25) is 4.79 Å². The fraction of sp³-hybridized carbons (Fsp3) is 0.235. The number of halogens is 1. The van der Waals surface area contributed by atoms with Crippen LogP contribution in [0.5, 0.6) is 0 Å². The molecule has 0 saturated heterocycles. The topological polar surface area (TPSA) is 64.7 Å². The largest absolute Gasteiger partial charge is 0.338 e. The zero-order valence-corrected chi connectivity index (χ0v) is 13.1. The van der Waals surface area contributed by atoms with E-state index in [1.165, 1.54) is 6.07 Å². The fourth-order valence-electron chi connectivity index (χ4n) is 2.86. The third kappa shape index (κ3) is 2.38. The maximum atomic E-state index is 14.0. The first-order valence-corrected chi connectivity index (χ1v) is 7.69. The molecule has 24 heavy (non-hydrogen) atoms. The minimum atomic E-state index is -0.778. The van der Waals surface area contributed by atoms with Crippen molar-refractivity contribution in [3.63, 3.8) is 0 Å². The summed E-state index contributed by atoms with van der Waals surface area (Å²) < 4.78 is 17.4. The fourth-order valence-corrected chi connectivity index (χ4v) is 2.86. The lowest BCUT2D eigenvalue weighted by molar-refractivity contribution is -0.118. The molecule has 3 aromatic rings. The molecule has 0 bridgehead atoms. The van der Waals surface area contributed by atoms with Gasteiger partial charge in [0, 0.05) is 31.1 Å². The maximum Gasteiger partial charge on any atom is 0.236 e. The second-order valence-corrected chi connectivity index (χ2v) is 6.06. The number of nitrogens with one attached hydrogen (secondary N) is 1. The minimum Gasteiger partial charge on any atom is -0.338 e. The van der Waals surface area contributed by atoms with Crippen LogP contribution >= 0.6 is 0 Å². The number of hydrogen-bond donors (Lipinski definition) is 1. The molecule has 0 spiro atoms. The highest BCUT2D eigenvalue weighted by atomic mass is 19.1. The van der Waals surface area contributed by atoms with Crippen molar-refractivity contribution in [2.24, 2.45) is 7.05 Å². The van der Waals surface area contributed by atoms with Crippen LogP contribution in [-0.2, 0) is 17.3 Å². The Balaban J connectivity index is 1.55. The average molecular weight is 325 g/mol. The van der Waals surface area contributed by atoms with E-state index in [0.29, 0.717) is 30.0 Å². The highest BCUT2D eigenvalue weighted by Crippen LogP contribution is 2.49. The molecule has 1 aliphatic carbocycles. The van der Waals surface area contributed by atoms with Crippen molar-refractivity contribution in [2.75, 3.05) is 5.32 Å². The molecule has 1 saturated carbocycles. The summed E-state index contributed by atoms with van der Waals surface area (Å²) in [6.45, 7) is 0. The zero-order chi connectivity index (χ0) is 16.7. The molecule has 4 rings (SSSR count). The van der Waals surface area contributed by atoms with Gasteiger partial charge < -0.3 is 9.88 Å². The highest BCUT2D eigenvalue weighted by Gasteiger charge is 2.52. The second kappa shape index (κ2) is 5.30. The van der Waals surface area contributed by atoms with E-state index in [1.54, 1.807) is 41.5 Å². The van der Waals surface area contributed by atoms with Gasteiger partial charge in [-0.2, -0.15) is 0 Å². The Morgan fingerprint density at radius 3 is 2.75 bits per heavy atom. The lowest BCUT2D eigenvalue weighted by Crippen LogP contribution is -2.29. The van der Waals surface area contributed by atoms with E-state index < -0.39 is 5.41 Å². The van der Waals surface area contributed by atoms with Gasteiger partial charge in [0.25, 0.3) is 0 Å². The number of aromatic nitrogens is 4. The van der Waals surface area contributed by atoms with Gasteiger partial charge >= 0.3 is 0 Å². The Hall–Kier alpha value is -2.96. The van der Waals surface area contributed by atoms with Crippen molar-refractivity contribution in [3.05, 3.63) is 60.4 Å². The third-order valence-corrected chi connectivity index (χ3v) is 4.33. The number of rotatable bonds is 4. The van der Waals surface area contributed by atoms with E-state index in [0.717, 1.165) is 0 Å². The van der Waals surface area contributed by atoms with Crippen LogP contribution in [0.25, 0.3) is 5.82 Å². The highest BCUT2D eigenvalue weighted by molar-refractivity contribution is 6.00. The monoisotopic (exact) mass is 325 g/mol. The number of amides is 1. The van der Waals surface area contributed by atoms with Gasteiger partial charge in [-0.15, -0.1) is 5.10 Å². The van der Waals surface area contributed by atoms with E-state index in [1.807, 2.05) is 17.8 Å². The summed E-state index contributed by atoms with van der Waals surface area (Å²) >= 11 is 0. The van der Waals surface area contributed by atoms with Gasteiger partial charge in [0.05, 0.1) is 11.7 Å². The molecular weight excluding hydrogens is 309 g/mol. The number of carbonyl (C=O) groups excluding carboxylic acids is 1. The van der Waals surface area contributed by atoms with Crippen molar-refractivity contribution in [1.29, 1.82) is 0 Å². The van der Waals surface area contributed by atoms with Gasteiger partial charge in [0.15, 0.2) is 11.6 Å². The maximum absolute atomic E-state index is 14.0. The molecule has 0 atom stereocenters. The smallest absolute Gasteiger partial charge is 0.236 e. The predicted octanol–water partition coefficient (Wildman–Crippen LogP) is 2.42. The van der Waals surface area contributed by atoms with E-state index >= 15 is 0 Å². The molecule has 1 fully saturated rings. The number of anilines is 1. The Kier molecular flexibility index (Phi) is 3.23. The third-order valence-electron chi connectivity index (χ3n) is 4.33. The van der Waals surface area contributed by atoms with Crippen LogP contribution in [0.3, 0.4) is 0 Å². The standard InChI is InChI=1S/C17H16FN5O/c1-22-10-15(19-11-22)23-9-6-14(21-23)20-16(24)17(7-8-17)12-4-2-3-5-13(12)18/h2-6,9-11H,7-8H2,1H3,(H,20,21,24). The van der Waals surface area contributed by atoms with Crippen molar-refractivity contribution in [2.45, 2.75) is 18.3 Å². The minimum absolute atomic E-state index is 0.223. The first kappa shape index (κ1) is 14.6. The van der Waals surface area contributed by atoms with Gasteiger partial charge in [-0.05, 0) is 18.9 Å². The summed E-state index contributed by atoms with van der Waals surface area (Å²) in [5.74, 6) is 0.518. The first-order chi connectivity index (χ1) is 11.6. The summed E-state index contributed by atoms with van der Waals surface area (Å²) in [6.07, 6.45) is 6.50. The molecule has 2 heterocycles. The summed E-state index contributed by atoms with van der Waals surface area (Å²) in [4.78, 5) is 16.9. The van der Waals surface area contributed by atoms with Crippen molar-refractivity contribution in [3.8, 4) is 5.82 Å². The SMILES string of the molecule is Cn1cnc(-n2ccc(NC(=O)C3(c4ccccc4F)CC3)n2)c1. The first-order valence-electron chi connectivity index (χ1n) is 7.69. The molecule has 1 aromatic carbocycles. The number of aryl methyl sites for hydroxylation is 1. The quantitative estimate of drug-likeness (QED) is 0.801. The van der Waals surface area contributed by atoms with Crippen LogP contribution in [0.4, 0.5) is 10.2 Å². The van der Waals surface area contributed by atoms with Crippen molar-refractivity contribution in [1.82, 2.24) is 19.3 Å². The Bertz CT molecular complexity index is 909. The average Bonchev–Trinajstić information content (AvgIpc) is 3.05. The van der Waals surface area contributed by atoms with Crippen LogP contribution in [0.1, 0.15) is 18.4 Å². The van der Waals surface area contributed by atoms with Crippen LogP contribution in [-0.4, -0.2) is 25.2 Å². The number of benzene rings is 1. The van der Waals surface area contributed by atoms with Crippen LogP contribution in [0.15, 0.2) is 49.1 Å². The molecule has 122 valence electrons. The van der Waals surface area contributed by atoms with Crippen molar-refractivity contribution < 1.29 is 9.18 Å². The van der Waals surface area contributed by atoms with Crippen LogP contribution in [0, 0.1) is 5.82 Å². The zero-order valence-electron chi connectivity index (χ0n) is 13.1. The molecular formula is C17H16FN5O. The lowest BCUT2D eigenvalue weighted by Gasteiger charge is -2.15. The molecule has 0 aliphatic heterocycles. The number of carbonyl (C=O) groups is 1. The Morgan fingerprint density at radius 2 is 2.08 bits per heavy atom. The molecule has 0 unspecified atom stereocenters. The second-order valence-electron chi connectivity index (χ2n) is 6.06. The molecule has 2 aromatic heterocycles. The Morgan fingerprint density at radius 1 is 1.29 bits per heavy atom. The van der Waals surface area contributed by atoms with Crippen molar-refractivity contribution >= 4 is 11.7 Å². The van der Waals surface area contributed by atoms with E-state index in [4.69, 9.17) is 0 Å². The van der Waals surface area contributed by atoms with Gasteiger partial charge in [-0.25, -0.2) is 14.1 Å². The molecule has 1 aliphatic rings. The summed E-state index contributed by atoms with van der Waals surface area (Å²) in [7, 11) is 1.87. The number of hydrogen-bond acceptors (Lipinski definition) is 3. The van der Waals surface area contributed by atoms with E-state index in [2.05, 4.69) is 15.4 Å². The lowest BCUT2D eigenvalue weighted by atomic mass is 9.94. The van der Waals surface area contributed by atoms with Gasteiger partial charge in [0.2, 0.25) is 5.91 Å². The number of nitrogens with zero attached hydrogens (tertiary/aromatic N) is 4. The Labute approximate surface area is 137 Å². The van der Waals surface area contributed by atoms with Crippen LogP contribution in [0.2, 0.25) is 0 Å². The molecule has 0 radical (unpaired) electrons. The summed E-state index contributed by atoms with van der Waals surface area (Å²) in [5.41, 5.74) is -0.327. The molecule has 1 N–H and O–H groups in total. The normalized spacial score (nSPS) is 15.2. The molecule has 6 nitrogen and oxygen atoms in total. The van der Waals surface area contributed by atoms with E-state index in [-0.39, 0.29) is 11.7 Å². The summed E-state index contributed by atoms with van der Waals surface area (Å²) in [5, 5.41) is 7.10. The van der Waals surface area contributed by atoms with Crippen LogP contribution < -0.4 is 5.32 Å². The predicted molar refractivity (Wildman–Crippen MR) is 86.3 cm³/mol. The molecule has 7 heteroatoms. The number of imidazole rings is 1. The van der Waals surface area contributed by atoms with Gasteiger partial charge in [-0.1, -0.05) is 18.2 Å². The van der Waals surface area contributed by atoms with E-state index in [9.17, 15) is 9.18 Å². The summed E-state index contributed by atoms with van der Waals surface area (Å²) in [6, 6.07) is 8.14. The van der Waals surface area contributed by atoms with Gasteiger partial charge in [0.1, 0.15) is 5.82 Å². The molecule has 1 amide bonds.